The number of hydrogen-bond acceptors (Lipinski definition) is 3. The van der Waals surface area contributed by atoms with Crippen LogP contribution >= 0.6 is 0 Å². The first-order valence-electron chi connectivity index (χ1n) is 7.70. The molecule has 2 N–H and O–H groups in total. The number of nitrogens with zero attached hydrogens (tertiary/aromatic N) is 1. The first-order chi connectivity index (χ1) is 8.97. The Balaban J connectivity index is 2.70. The van der Waals surface area contributed by atoms with E-state index < -0.39 is 11.5 Å². The van der Waals surface area contributed by atoms with Crippen molar-refractivity contribution < 1.29 is 9.90 Å². The van der Waals surface area contributed by atoms with Gasteiger partial charge in [0.15, 0.2) is 0 Å². The average Bonchev–Trinajstić information content (AvgIpc) is 3.09. The summed E-state index contributed by atoms with van der Waals surface area (Å²) in [5, 5.41) is 12.9. The molecule has 1 saturated carbocycles. The molecule has 4 nitrogen and oxygen atoms in total. The number of carboxylic acid groups (broad SMARTS) is 1. The van der Waals surface area contributed by atoms with Crippen molar-refractivity contribution in [2.75, 3.05) is 7.05 Å². The molecule has 0 aromatic carbocycles. The Bertz CT molecular complexity index is 347. The van der Waals surface area contributed by atoms with Gasteiger partial charge in [-0.05, 0) is 52.5 Å². The van der Waals surface area contributed by atoms with Gasteiger partial charge in [0.05, 0.1) is 0 Å². The monoisotopic (exact) mass is 284 g/mol. The highest BCUT2D eigenvalue weighted by Crippen LogP contribution is 2.29. The summed E-state index contributed by atoms with van der Waals surface area (Å²) in [6, 6.07) is 1.02. The lowest BCUT2D eigenvalue weighted by Gasteiger charge is -2.41. The third-order valence-electron chi connectivity index (χ3n) is 4.84. The van der Waals surface area contributed by atoms with Gasteiger partial charge in [-0.3, -0.25) is 10.1 Å². The van der Waals surface area contributed by atoms with Gasteiger partial charge in [-0.1, -0.05) is 20.8 Å². The Labute approximate surface area is 123 Å². The number of aliphatic carboxylic acids is 1. The molecule has 1 rings (SSSR count). The molecule has 0 aromatic heterocycles. The van der Waals surface area contributed by atoms with Crippen molar-refractivity contribution in [3.8, 4) is 0 Å². The van der Waals surface area contributed by atoms with E-state index in [0.29, 0.717) is 18.5 Å². The van der Waals surface area contributed by atoms with Crippen molar-refractivity contribution in [1.29, 1.82) is 0 Å². The minimum absolute atomic E-state index is 0.187. The van der Waals surface area contributed by atoms with Gasteiger partial charge in [-0.2, -0.15) is 0 Å². The van der Waals surface area contributed by atoms with E-state index in [0.717, 1.165) is 12.8 Å². The van der Waals surface area contributed by atoms with Crippen LogP contribution in [0, 0.1) is 5.41 Å². The molecule has 0 saturated heterocycles. The summed E-state index contributed by atoms with van der Waals surface area (Å²) in [5.74, 6) is -0.743. The van der Waals surface area contributed by atoms with E-state index in [9.17, 15) is 9.90 Å². The Morgan fingerprint density at radius 3 is 2.15 bits per heavy atom. The second-order valence-electron chi connectivity index (χ2n) is 7.82. The third-order valence-corrected chi connectivity index (χ3v) is 4.84. The predicted octanol–water partition coefficient (Wildman–Crippen LogP) is 2.73. The van der Waals surface area contributed by atoms with Gasteiger partial charge in [-0.15, -0.1) is 0 Å². The highest BCUT2D eigenvalue weighted by molar-refractivity contribution is 5.78. The largest absolute Gasteiger partial charge is 0.480 e. The lowest BCUT2D eigenvalue weighted by Crippen LogP contribution is -2.55. The molecule has 1 aliphatic rings. The van der Waals surface area contributed by atoms with E-state index in [1.54, 1.807) is 0 Å². The molecule has 1 aliphatic carbocycles. The van der Waals surface area contributed by atoms with Crippen LogP contribution in [-0.4, -0.2) is 46.7 Å². The molecule has 0 spiro atoms. The SMILES string of the molecule is CC(CC(C)(NC1CC1)C(=O)O)N(C)C(C)C(C)(C)C. The van der Waals surface area contributed by atoms with Crippen molar-refractivity contribution in [1.82, 2.24) is 10.2 Å². The number of carboxylic acids is 1. The third kappa shape index (κ3) is 4.45. The average molecular weight is 284 g/mol. The summed E-state index contributed by atoms with van der Waals surface area (Å²) in [6.07, 6.45) is 2.83. The van der Waals surface area contributed by atoms with Gasteiger partial charge in [0.25, 0.3) is 0 Å². The molecule has 20 heavy (non-hydrogen) atoms. The van der Waals surface area contributed by atoms with Crippen LogP contribution in [0.2, 0.25) is 0 Å². The van der Waals surface area contributed by atoms with Gasteiger partial charge < -0.3 is 10.0 Å². The lowest BCUT2D eigenvalue weighted by atomic mass is 9.85. The molecule has 4 heteroatoms. The molecular formula is C16H32N2O2. The van der Waals surface area contributed by atoms with Gasteiger partial charge >= 0.3 is 5.97 Å². The maximum atomic E-state index is 11.6. The zero-order valence-corrected chi connectivity index (χ0v) is 14.2. The topological polar surface area (TPSA) is 52.6 Å². The van der Waals surface area contributed by atoms with E-state index in [1.807, 2.05) is 6.92 Å². The summed E-state index contributed by atoms with van der Waals surface area (Å²) in [7, 11) is 2.10. The van der Waals surface area contributed by atoms with E-state index >= 15 is 0 Å². The molecule has 1 fully saturated rings. The van der Waals surface area contributed by atoms with Crippen molar-refractivity contribution in [2.24, 2.45) is 5.41 Å². The van der Waals surface area contributed by atoms with E-state index in [-0.39, 0.29) is 11.5 Å². The van der Waals surface area contributed by atoms with Crippen LogP contribution in [0.15, 0.2) is 0 Å². The molecular weight excluding hydrogens is 252 g/mol. The number of carbonyl (C=O) groups is 1. The normalized spacial score (nSPS) is 22.4. The zero-order valence-electron chi connectivity index (χ0n) is 14.2. The van der Waals surface area contributed by atoms with Crippen LogP contribution in [0.25, 0.3) is 0 Å². The fraction of sp³-hybridized carbons (Fsp3) is 0.938. The molecule has 118 valence electrons. The molecule has 0 bridgehead atoms. The number of rotatable bonds is 7. The minimum atomic E-state index is -0.827. The zero-order chi connectivity index (χ0) is 15.7. The fourth-order valence-electron chi connectivity index (χ4n) is 2.61. The van der Waals surface area contributed by atoms with Crippen LogP contribution in [0.5, 0.6) is 0 Å². The van der Waals surface area contributed by atoms with Crippen molar-refractivity contribution >= 4 is 5.97 Å². The molecule has 0 heterocycles. The number of nitrogens with one attached hydrogen (secondary N) is 1. The summed E-state index contributed by atoms with van der Waals surface area (Å²) >= 11 is 0. The van der Waals surface area contributed by atoms with Crippen LogP contribution < -0.4 is 5.32 Å². The maximum Gasteiger partial charge on any atom is 0.323 e. The van der Waals surface area contributed by atoms with Crippen LogP contribution in [-0.2, 0) is 4.79 Å². The molecule has 0 amide bonds. The summed E-state index contributed by atoms with van der Waals surface area (Å²) < 4.78 is 0. The summed E-state index contributed by atoms with van der Waals surface area (Å²) in [6.45, 7) is 12.8. The molecule has 3 atom stereocenters. The fourth-order valence-corrected chi connectivity index (χ4v) is 2.61. The Morgan fingerprint density at radius 1 is 1.30 bits per heavy atom. The van der Waals surface area contributed by atoms with E-state index in [4.69, 9.17) is 0 Å². The smallest absolute Gasteiger partial charge is 0.323 e. The lowest BCUT2D eigenvalue weighted by molar-refractivity contribution is -0.145. The van der Waals surface area contributed by atoms with Gasteiger partial charge in [0.2, 0.25) is 0 Å². The Morgan fingerprint density at radius 2 is 1.80 bits per heavy atom. The molecule has 0 aliphatic heterocycles. The van der Waals surface area contributed by atoms with E-state index in [2.05, 4.69) is 51.9 Å². The maximum absolute atomic E-state index is 11.6. The minimum Gasteiger partial charge on any atom is -0.480 e. The van der Waals surface area contributed by atoms with Crippen molar-refractivity contribution in [3.05, 3.63) is 0 Å². The quantitative estimate of drug-likeness (QED) is 0.755. The highest BCUT2D eigenvalue weighted by atomic mass is 16.4. The second-order valence-corrected chi connectivity index (χ2v) is 7.82. The Hall–Kier alpha value is -0.610. The van der Waals surface area contributed by atoms with Gasteiger partial charge in [0.1, 0.15) is 5.54 Å². The predicted molar refractivity (Wildman–Crippen MR) is 83.0 cm³/mol. The summed E-state index contributed by atoms with van der Waals surface area (Å²) in [5.41, 5.74) is -0.640. The number of hydrogen-bond donors (Lipinski definition) is 2. The highest BCUT2D eigenvalue weighted by Gasteiger charge is 2.41. The van der Waals surface area contributed by atoms with Crippen molar-refractivity contribution in [2.45, 2.75) is 84.5 Å². The van der Waals surface area contributed by atoms with Crippen LogP contribution in [0.3, 0.4) is 0 Å². The molecule has 3 unspecified atom stereocenters. The molecule has 0 radical (unpaired) electrons. The van der Waals surface area contributed by atoms with Crippen LogP contribution in [0.1, 0.15) is 60.8 Å². The van der Waals surface area contributed by atoms with E-state index in [1.165, 1.54) is 0 Å². The van der Waals surface area contributed by atoms with Gasteiger partial charge in [0, 0.05) is 18.1 Å². The summed E-state index contributed by atoms with van der Waals surface area (Å²) in [4.78, 5) is 13.9. The van der Waals surface area contributed by atoms with Crippen molar-refractivity contribution in [3.63, 3.8) is 0 Å². The molecule has 0 aromatic rings. The van der Waals surface area contributed by atoms with Gasteiger partial charge in [-0.25, -0.2) is 0 Å². The Kier molecular flexibility index (Phi) is 5.25. The van der Waals surface area contributed by atoms with Crippen LogP contribution in [0.4, 0.5) is 0 Å². The first-order valence-corrected chi connectivity index (χ1v) is 7.70. The second kappa shape index (κ2) is 6.02. The standard InChI is InChI=1S/C16H32N2O2/c1-11(18(7)12(2)15(3,4)5)10-16(6,14(19)20)17-13-8-9-13/h11-13,17H,8-10H2,1-7H3,(H,19,20). The first kappa shape index (κ1) is 17.4.